The first-order chi connectivity index (χ1) is 9.17. The lowest BCUT2D eigenvalue weighted by Gasteiger charge is -2.30. The number of methoxy groups -OCH3 is 1. The zero-order valence-corrected chi connectivity index (χ0v) is 11.8. The Hall–Kier alpha value is -1.55. The fraction of sp³-hybridized carbons (Fsp3) is 0.533. The maximum absolute atomic E-state index is 12.1. The van der Waals surface area contributed by atoms with Crippen LogP contribution in [0.25, 0.3) is 0 Å². The molecule has 1 aromatic carbocycles. The Morgan fingerprint density at radius 2 is 2.32 bits per heavy atom. The van der Waals surface area contributed by atoms with E-state index in [2.05, 4.69) is 19.2 Å². The summed E-state index contributed by atoms with van der Waals surface area (Å²) >= 11 is 0. The zero-order chi connectivity index (χ0) is 13.8. The van der Waals surface area contributed by atoms with Gasteiger partial charge in [-0.1, -0.05) is 25.5 Å². The van der Waals surface area contributed by atoms with Crippen LogP contribution in [0.2, 0.25) is 0 Å². The van der Waals surface area contributed by atoms with Crippen LogP contribution in [0.3, 0.4) is 0 Å². The minimum absolute atomic E-state index is 0.0378. The van der Waals surface area contributed by atoms with Gasteiger partial charge in [0, 0.05) is 6.04 Å². The lowest BCUT2D eigenvalue weighted by molar-refractivity contribution is -0.130. The molecule has 0 saturated carbocycles. The summed E-state index contributed by atoms with van der Waals surface area (Å²) < 4.78 is 5.25. The second-order valence-corrected chi connectivity index (χ2v) is 5.00. The molecule has 0 spiro atoms. The molecule has 4 nitrogen and oxygen atoms in total. The van der Waals surface area contributed by atoms with Crippen LogP contribution in [0.15, 0.2) is 24.3 Å². The van der Waals surface area contributed by atoms with Crippen LogP contribution in [0.1, 0.15) is 38.4 Å². The Morgan fingerprint density at radius 3 is 3.00 bits per heavy atom. The van der Waals surface area contributed by atoms with Crippen molar-refractivity contribution in [2.75, 3.05) is 13.7 Å². The second kappa shape index (κ2) is 6.06. The highest BCUT2D eigenvalue weighted by molar-refractivity contribution is 5.81. The molecule has 2 rings (SSSR count). The Balaban J connectivity index is 2.24. The first-order valence-corrected chi connectivity index (χ1v) is 6.86. The fourth-order valence-corrected chi connectivity index (χ4v) is 2.66. The molecule has 0 aliphatic carbocycles. The quantitative estimate of drug-likeness (QED) is 0.885. The summed E-state index contributed by atoms with van der Waals surface area (Å²) in [5.41, 5.74) is 1.08. The molecule has 2 atom stereocenters. The van der Waals surface area contributed by atoms with Crippen LogP contribution in [0.5, 0.6) is 5.75 Å². The van der Waals surface area contributed by atoms with Crippen LogP contribution in [0, 0.1) is 0 Å². The number of rotatable bonds is 5. The first kappa shape index (κ1) is 13.9. The van der Waals surface area contributed by atoms with Crippen molar-refractivity contribution in [1.82, 2.24) is 10.2 Å². The Kier molecular flexibility index (Phi) is 4.43. The van der Waals surface area contributed by atoms with Crippen molar-refractivity contribution < 1.29 is 9.53 Å². The molecule has 1 aliphatic rings. The van der Waals surface area contributed by atoms with Crippen LogP contribution in [0.4, 0.5) is 0 Å². The van der Waals surface area contributed by atoms with Crippen molar-refractivity contribution in [3.63, 3.8) is 0 Å². The van der Waals surface area contributed by atoms with Crippen molar-refractivity contribution in [2.24, 2.45) is 0 Å². The number of hydrogen-bond donors (Lipinski definition) is 1. The second-order valence-electron chi connectivity index (χ2n) is 5.00. The molecule has 4 heteroatoms. The molecule has 1 amide bonds. The topological polar surface area (TPSA) is 41.6 Å². The van der Waals surface area contributed by atoms with Gasteiger partial charge in [-0.3, -0.25) is 10.1 Å². The van der Waals surface area contributed by atoms with Gasteiger partial charge >= 0.3 is 0 Å². The Morgan fingerprint density at radius 1 is 1.53 bits per heavy atom. The third kappa shape index (κ3) is 2.89. The number of hydrogen-bond acceptors (Lipinski definition) is 3. The fourth-order valence-electron chi connectivity index (χ4n) is 2.66. The maximum atomic E-state index is 12.1. The minimum Gasteiger partial charge on any atom is -0.497 e. The van der Waals surface area contributed by atoms with E-state index in [9.17, 15) is 4.79 Å². The monoisotopic (exact) mass is 262 g/mol. The number of carbonyl (C=O) groups excluding carboxylic acids is 1. The third-order valence-electron chi connectivity index (χ3n) is 3.60. The maximum Gasteiger partial charge on any atom is 0.238 e. The Bertz CT molecular complexity index is 448. The molecule has 0 radical (unpaired) electrons. The van der Waals surface area contributed by atoms with Gasteiger partial charge in [0.25, 0.3) is 0 Å². The lowest BCUT2D eigenvalue weighted by Crippen LogP contribution is -2.37. The molecule has 1 aliphatic heterocycles. The van der Waals surface area contributed by atoms with Crippen molar-refractivity contribution in [3.8, 4) is 5.75 Å². The summed E-state index contributed by atoms with van der Waals surface area (Å²) in [6, 6.07) is 8.15. The average Bonchev–Trinajstić information content (AvgIpc) is 2.81. The predicted molar refractivity (Wildman–Crippen MR) is 75.0 cm³/mol. The van der Waals surface area contributed by atoms with Crippen LogP contribution >= 0.6 is 0 Å². The molecule has 1 aromatic rings. The average molecular weight is 262 g/mol. The third-order valence-corrected chi connectivity index (χ3v) is 3.60. The molecule has 2 unspecified atom stereocenters. The Labute approximate surface area is 114 Å². The molecule has 104 valence electrons. The normalized spacial score (nSPS) is 20.7. The number of benzene rings is 1. The molecular formula is C15H22N2O2. The van der Waals surface area contributed by atoms with Crippen LogP contribution in [-0.2, 0) is 4.79 Å². The van der Waals surface area contributed by atoms with Crippen molar-refractivity contribution in [1.29, 1.82) is 0 Å². The van der Waals surface area contributed by atoms with Crippen LogP contribution < -0.4 is 10.1 Å². The minimum atomic E-state index is -0.0378. The molecule has 0 aromatic heterocycles. The van der Waals surface area contributed by atoms with Gasteiger partial charge in [-0.25, -0.2) is 0 Å². The summed E-state index contributed by atoms with van der Waals surface area (Å²) in [5, 5.41) is 3.28. The van der Waals surface area contributed by atoms with Crippen molar-refractivity contribution in [2.45, 2.75) is 38.9 Å². The summed E-state index contributed by atoms with van der Waals surface area (Å²) in [6.07, 6.45) is 2.06. The van der Waals surface area contributed by atoms with Gasteiger partial charge in [0.05, 0.1) is 13.7 Å². The van der Waals surface area contributed by atoms with Gasteiger partial charge in [-0.05, 0) is 31.0 Å². The van der Waals surface area contributed by atoms with E-state index in [-0.39, 0.29) is 18.1 Å². The molecule has 1 N–H and O–H groups in total. The number of nitrogens with one attached hydrogen (secondary N) is 1. The molecule has 1 heterocycles. The highest BCUT2D eigenvalue weighted by atomic mass is 16.5. The van der Waals surface area contributed by atoms with Gasteiger partial charge in [0.1, 0.15) is 11.9 Å². The summed E-state index contributed by atoms with van der Waals surface area (Å²) in [5.74, 6) is 0.996. The van der Waals surface area contributed by atoms with E-state index in [0.29, 0.717) is 6.54 Å². The van der Waals surface area contributed by atoms with Crippen molar-refractivity contribution >= 4 is 5.91 Å². The van der Waals surface area contributed by atoms with Gasteiger partial charge in [-0.15, -0.1) is 0 Å². The zero-order valence-electron chi connectivity index (χ0n) is 11.8. The largest absolute Gasteiger partial charge is 0.497 e. The van der Waals surface area contributed by atoms with Gasteiger partial charge in [-0.2, -0.15) is 0 Å². The number of nitrogens with zero attached hydrogens (tertiary/aromatic N) is 1. The molecule has 0 bridgehead atoms. The number of amides is 1. The summed E-state index contributed by atoms with van der Waals surface area (Å²) in [7, 11) is 1.66. The van der Waals surface area contributed by atoms with E-state index in [1.807, 2.05) is 29.2 Å². The number of ether oxygens (including phenoxy) is 1. The molecular weight excluding hydrogens is 240 g/mol. The van der Waals surface area contributed by atoms with E-state index in [0.717, 1.165) is 24.2 Å². The smallest absolute Gasteiger partial charge is 0.238 e. The SMILES string of the molecule is CCCC(C)N1C(=O)CNC1c1cccc(OC)c1. The van der Waals surface area contributed by atoms with E-state index in [1.54, 1.807) is 7.11 Å². The van der Waals surface area contributed by atoms with E-state index in [4.69, 9.17) is 4.74 Å². The van der Waals surface area contributed by atoms with Crippen LogP contribution in [-0.4, -0.2) is 30.5 Å². The molecule has 19 heavy (non-hydrogen) atoms. The van der Waals surface area contributed by atoms with Gasteiger partial charge in [0.2, 0.25) is 5.91 Å². The standard InChI is InChI=1S/C15H22N2O2/c1-4-6-11(2)17-14(18)10-16-15(17)12-7-5-8-13(9-12)19-3/h5,7-9,11,15-16H,4,6,10H2,1-3H3. The van der Waals surface area contributed by atoms with E-state index >= 15 is 0 Å². The predicted octanol–water partition coefficient (Wildman–Crippen LogP) is 2.31. The van der Waals surface area contributed by atoms with Crippen molar-refractivity contribution in [3.05, 3.63) is 29.8 Å². The summed E-state index contributed by atoms with van der Waals surface area (Å²) in [4.78, 5) is 14.0. The highest BCUT2D eigenvalue weighted by Gasteiger charge is 2.34. The number of carbonyl (C=O) groups is 1. The summed E-state index contributed by atoms with van der Waals surface area (Å²) in [6.45, 7) is 4.67. The highest BCUT2D eigenvalue weighted by Crippen LogP contribution is 2.28. The van der Waals surface area contributed by atoms with E-state index < -0.39 is 0 Å². The van der Waals surface area contributed by atoms with Gasteiger partial charge in [0.15, 0.2) is 0 Å². The van der Waals surface area contributed by atoms with Gasteiger partial charge < -0.3 is 9.64 Å². The molecule has 1 fully saturated rings. The van der Waals surface area contributed by atoms with E-state index in [1.165, 1.54) is 0 Å². The first-order valence-electron chi connectivity index (χ1n) is 6.86. The molecule has 1 saturated heterocycles. The lowest BCUT2D eigenvalue weighted by atomic mass is 10.1.